The fraction of sp³-hybridized carbons (Fsp3) is 0.174. The lowest BCUT2D eigenvalue weighted by atomic mass is 10.1. The predicted octanol–water partition coefficient (Wildman–Crippen LogP) is 3.95. The molecule has 146 valence electrons. The molecule has 0 saturated carbocycles. The lowest BCUT2D eigenvalue weighted by molar-refractivity contribution is -0.115. The smallest absolute Gasteiger partial charge is 0.228 e. The number of benzene rings is 1. The molecule has 0 bridgehead atoms. The summed E-state index contributed by atoms with van der Waals surface area (Å²) in [6.07, 6.45) is 6.10. The van der Waals surface area contributed by atoms with Gasteiger partial charge in [0.25, 0.3) is 0 Å². The van der Waals surface area contributed by atoms with E-state index in [9.17, 15) is 4.79 Å². The van der Waals surface area contributed by atoms with E-state index in [1.54, 1.807) is 6.20 Å². The summed E-state index contributed by atoms with van der Waals surface area (Å²) in [6.45, 7) is 2.06. The van der Waals surface area contributed by atoms with E-state index in [0.29, 0.717) is 0 Å². The molecule has 3 heterocycles. The Bertz CT molecular complexity index is 1140. The zero-order valence-electron chi connectivity index (χ0n) is 16.8. The van der Waals surface area contributed by atoms with Crippen LogP contribution in [0.1, 0.15) is 11.1 Å². The van der Waals surface area contributed by atoms with Crippen LogP contribution in [-0.2, 0) is 11.2 Å². The molecule has 0 aliphatic rings. The van der Waals surface area contributed by atoms with Crippen LogP contribution in [0.25, 0.3) is 16.9 Å². The van der Waals surface area contributed by atoms with Crippen LogP contribution in [0.4, 0.5) is 11.5 Å². The molecule has 29 heavy (non-hydrogen) atoms. The number of imidazole rings is 1. The monoisotopic (exact) mass is 385 g/mol. The highest BCUT2D eigenvalue weighted by atomic mass is 16.1. The summed E-state index contributed by atoms with van der Waals surface area (Å²) in [7, 11) is 3.87. The van der Waals surface area contributed by atoms with Crippen LogP contribution in [-0.4, -0.2) is 34.4 Å². The van der Waals surface area contributed by atoms with Crippen molar-refractivity contribution in [1.29, 1.82) is 0 Å². The maximum absolute atomic E-state index is 12.3. The number of amides is 1. The second-order valence-electron chi connectivity index (χ2n) is 7.32. The number of aryl methyl sites for hydroxylation is 1. The van der Waals surface area contributed by atoms with Gasteiger partial charge in [0, 0.05) is 43.9 Å². The molecular weight excluding hydrogens is 362 g/mol. The maximum atomic E-state index is 12.3. The minimum Gasteiger partial charge on any atom is -0.363 e. The van der Waals surface area contributed by atoms with Gasteiger partial charge in [0.15, 0.2) is 0 Å². The first-order valence-corrected chi connectivity index (χ1v) is 9.46. The molecule has 0 atom stereocenters. The van der Waals surface area contributed by atoms with Crippen LogP contribution in [0.2, 0.25) is 0 Å². The van der Waals surface area contributed by atoms with Crippen molar-refractivity contribution in [3.8, 4) is 11.3 Å². The van der Waals surface area contributed by atoms with Gasteiger partial charge in [0.05, 0.1) is 12.1 Å². The van der Waals surface area contributed by atoms with Gasteiger partial charge in [-0.05, 0) is 42.3 Å². The molecule has 6 heteroatoms. The number of fused-ring (bicyclic) bond motifs is 1. The number of hydrogen-bond donors (Lipinski definition) is 1. The van der Waals surface area contributed by atoms with E-state index in [-0.39, 0.29) is 12.3 Å². The number of carbonyl (C=O) groups is 1. The zero-order valence-corrected chi connectivity index (χ0v) is 16.8. The minimum absolute atomic E-state index is 0.0691. The highest BCUT2D eigenvalue weighted by Crippen LogP contribution is 2.22. The Hall–Kier alpha value is -3.67. The van der Waals surface area contributed by atoms with E-state index >= 15 is 0 Å². The van der Waals surface area contributed by atoms with Crippen LogP contribution in [0.3, 0.4) is 0 Å². The number of hydrogen-bond acceptors (Lipinski definition) is 4. The fourth-order valence-electron chi connectivity index (χ4n) is 3.14. The molecule has 4 aromatic rings. The second kappa shape index (κ2) is 7.75. The van der Waals surface area contributed by atoms with E-state index in [2.05, 4.69) is 28.4 Å². The van der Waals surface area contributed by atoms with Crippen molar-refractivity contribution in [1.82, 2.24) is 14.4 Å². The molecule has 4 rings (SSSR count). The van der Waals surface area contributed by atoms with Gasteiger partial charge in [-0.25, -0.2) is 9.97 Å². The van der Waals surface area contributed by atoms with Crippen LogP contribution < -0.4 is 10.2 Å². The zero-order chi connectivity index (χ0) is 20.4. The second-order valence-corrected chi connectivity index (χ2v) is 7.32. The lowest BCUT2D eigenvalue weighted by Gasteiger charge is -2.11. The van der Waals surface area contributed by atoms with E-state index in [1.165, 1.54) is 5.56 Å². The lowest BCUT2D eigenvalue weighted by Crippen LogP contribution is -2.15. The molecule has 1 amide bonds. The normalized spacial score (nSPS) is 10.9. The first-order valence-electron chi connectivity index (χ1n) is 9.46. The standard InChI is InChI=1S/C23H23N5O/c1-16-4-10-22-26-20(15-28(22)14-16)18-6-8-19(9-7-18)25-23(29)12-17-5-11-21(24-13-17)27(2)3/h4-11,13-15H,12H2,1-3H3,(H,25,29). The van der Waals surface area contributed by atoms with E-state index in [4.69, 9.17) is 0 Å². The van der Waals surface area contributed by atoms with Crippen LogP contribution in [0.15, 0.2) is 67.1 Å². The Morgan fingerprint density at radius 2 is 1.83 bits per heavy atom. The Morgan fingerprint density at radius 1 is 1.03 bits per heavy atom. The fourth-order valence-corrected chi connectivity index (χ4v) is 3.14. The number of aromatic nitrogens is 3. The molecule has 0 aliphatic heterocycles. The summed E-state index contributed by atoms with van der Waals surface area (Å²) >= 11 is 0. The topological polar surface area (TPSA) is 62.5 Å². The van der Waals surface area contributed by atoms with Gasteiger partial charge in [0.1, 0.15) is 11.5 Å². The first-order chi connectivity index (χ1) is 14.0. The maximum Gasteiger partial charge on any atom is 0.228 e. The van der Waals surface area contributed by atoms with E-state index in [0.717, 1.165) is 34.0 Å². The molecule has 3 aromatic heterocycles. The molecule has 0 radical (unpaired) electrons. The van der Waals surface area contributed by atoms with Crippen LogP contribution >= 0.6 is 0 Å². The third kappa shape index (κ3) is 4.27. The van der Waals surface area contributed by atoms with Crippen molar-refractivity contribution in [2.45, 2.75) is 13.3 Å². The number of anilines is 2. The molecular formula is C23H23N5O. The van der Waals surface area contributed by atoms with Gasteiger partial charge in [-0.3, -0.25) is 4.79 Å². The number of carbonyl (C=O) groups excluding carboxylic acids is 1. The quantitative estimate of drug-likeness (QED) is 0.565. The summed E-state index contributed by atoms with van der Waals surface area (Å²) in [5.74, 6) is 0.798. The van der Waals surface area contributed by atoms with Gasteiger partial charge < -0.3 is 14.6 Å². The summed E-state index contributed by atoms with van der Waals surface area (Å²) in [5, 5.41) is 2.94. The minimum atomic E-state index is -0.0691. The number of nitrogens with zero attached hydrogens (tertiary/aromatic N) is 4. The Morgan fingerprint density at radius 3 is 2.52 bits per heavy atom. The van der Waals surface area contributed by atoms with Crippen molar-refractivity contribution in [2.24, 2.45) is 0 Å². The van der Waals surface area contributed by atoms with Gasteiger partial charge in [0.2, 0.25) is 5.91 Å². The van der Waals surface area contributed by atoms with Gasteiger partial charge in [-0.15, -0.1) is 0 Å². The number of rotatable bonds is 5. The Kier molecular flexibility index (Phi) is 4.99. The third-order valence-electron chi connectivity index (χ3n) is 4.70. The average molecular weight is 385 g/mol. The Labute approximate surface area is 169 Å². The molecule has 0 unspecified atom stereocenters. The van der Waals surface area contributed by atoms with Gasteiger partial charge in [-0.2, -0.15) is 0 Å². The molecule has 1 aromatic carbocycles. The van der Waals surface area contributed by atoms with Crippen molar-refractivity contribution < 1.29 is 4.79 Å². The Balaban J connectivity index is 1.42. The average Bonchev–Trinajstić information content (AvgIpc) is 3.12. The van der Waals surface area contributed by atoms with E-state index < -0.39 is 0 Å². The number of nitrogens with one attached hydrogen (secondary N) is 1. The predicted molar refractivity (Wildman–Crippen MR) is 116 cm³/mol. The molecule has 0 saturated heterocycles. The summed E-state index contributed by atoms with van der Waals surface area (Å²) in [6, 6.07) is 15.6. The van der Waals surface area contributed by atoms with Crippen molar-refractivity contribution in [3.05, 3.63) is 78.2 Å². The highest BCUT2D eigenvalue weighted by Gasteiger charge is 2.08. The van der Waals surface area contributed by atoms with Crippen LogP contribution in [0.5, 0.6) is 0 Å². The van der Waals surface area contributed by atoms with Crippen molar-refractivity contribution in [2.75, 3.05) is 24.3 Å². The largest absolute Gasteiger partial charge is 0.363 e. The molecule has 0 spiro atoms. The first kappa shape index (κ1) is 18.7. The summed E-state index contributed by atoms with van der Waals surface area (Å²) in [5.41, 5.74) is 5.65. The summed E-state index contributed by atoms with van der Waals surface area (Å²) < 4.78 is 2.02. The SMILES string of the molecule is Cc1ccc2nc(-c3ccc(NC(=O)Cc4ccc(N(C)C)nc4)cc3)cn2c1. The van der Waals surface area contributed by atoms with Gasteiger partial charge in [-0.1, -0.05) is 24.3 Å². The summed E-state index contributed by atoms with van der Waals surface area (Å²) in [4.78, 5) is 23.3. The van der Waals surface area contributed by atoms with E-state index in [1.807, 2.05) is 78.1 Å². The van der Waals surface area contributed by atoms with Crippen molar-refractivity contribution in [3.63, 3.8) is 0 Å². The number of pyridine rings is 2. The van der Waals surface area contributed by atoms with Crippen LogP contribution in [0, 0.1) is 6.92 Å². The molecule has 1 N–H and O–H groups in total. The van der Waals surface area contributed by atoms with Crippen molar-refractivity contribution >= 4 is 23.1 Å². The third-order valence-corrected chi connectivity index (χ3v) is 4.70. The van der Waals surface area contributed by atoms with Gasteiger partial charge >= 0.3 is 0 Å². The molecule has 0 aliphatic carbocycles. The molecule has 6 nitrogen and oxygen atoms in total. The highest BCUT2D eigenvalue weighted by molar-refractivity contribution is 5.92. The molecule has 0 fully saturated rings.